The number of fused-ring (bicyclic) bond motifs is 1. The molecule has 0 N–H and O–H groups in total. The fourth-order valence-electron chi connectivity index (χ4n) is 2.68. The number of ether oxygens (including phenoxy) is 5. The molecule has 1 aliphatic rings. The summed E-state index contributed by atoms with van der Waals surface area (Å²) in [6, 6.07) is 7.39. The third-order valence-electron chi connectivity index (χ3n) is 3.97. The van der Waals surface area contributed by atoms with Gasteiger partial charge in [0.25, 0.3) is 5.69 Å². The lowest BCUT2D eigenvalue weighted by molar-refractivity contribution is -0.385. The van der Waals surface area contributed by atoms with Crippen LogP contribution in [0.1, 0.15) is 21.5 Å². The zero-order valence-electron chi connectivity index (χ0n) is 14.7. The van der Waals surface area contributed by atoms with Gasteiger partial charge in [0.1, 0.15) is 29.4 Å². The molecule has 0 radical (unpaired) electrons. The summed E-state index contributed by atoms with van der Waals surface area (Å²) < 4.78 is 26.2. The van der Waals surface area contributed by atoms with Crippen molar-refractivity contribution < 1.29 is 33.4 Å². The molecule has 2 aromatic rings. The number of carbonyl (C=O) groups excluding carboxylic acids is 1. The largest absolute Gasteiger partial charge is 0.497 e. The average molecular weight is 375 g/mol. The van der Waals surface area contributed by atoms with Gasteiger partial charge in [-0.3, -0.25) is 10.1 Å². The Hall–Kier alpha value is -3.33. The second-order valence-electron chi connectivity index (χ2n) is 5.60. The first-order chi connectivity index (χ1) is 13.0. The average Bonchev–Trinajstić information content (AvgIpc) is 2.70. The highest BCUT2D eigenvalue weighted by Gasteiger charge is 2.22. The van der Waals surface area contributed by atoms with Crippen LogP contribution in [0.4, 0.5) is 5.69 Å². The van der Waals surface area contributed by atoms with Gasteiger partial charge in [-0.1, -0.05) is 0 Å². The van der Waals surface area contributed by atoms with E-state index in [1.807, 2.05) is 0 Å². The normalized spacial score (nSPS) is 12.5. The number of carbonyl (C=O) groups is 1. The first-order valence-electron chi connectivity index (χ1n) is 7.93. The number of nitro benzene ring substituents is 1. The zero-order chi connectivity index (χ0) is 19.4. The number of rotatable bonds is 6. The number of hydrogen-bond acceptors (Lipinski definition) is 8. The van der Waals surface area contributed by atoms with Crippen molar-refractivity contribution in [3.63, 3.8) is 0 Å². The molecule has 0 aromatic heterocycles. The molecule has 3 rings (SSSR count). The number of benzene rings is 2. The first-order valence-corrected chi connectivity index (χ1v) is 7.93. The number of nitro groups is 1. The van der Waals surface area contributed by atoms with E-state index in [1.165, 1.54) is 32.4 Å². The number of non-ortho nitro benzene ring substituents is 1. The molecule has 1 aliphatic heterocycles. The van der Waals surface area contributed by atoms with Crippen LogP contribution >= 0.6 is 0 Å². The number of methoxy groups -OCH3 is 2. The Morgan fingerprint density at radius 2 is 2.04 bits per heavy atom. The smallest absolute Gasteiger partial charge is 0.342 e. The molecule has 0 bridgehead atoms. The monoisotopic (exact) mass is 375 g/mol. The lowest BCUT2D eigenvalue weighted by Gasteiger charge is -2.20. The van der Waals surface area contributed by atoms with Gasteiger partial charge in [-0.05, 0) is 12.1 Å². The summed E-state index contributed by atoms with van der Waals surface area (Å²) in [7, 11) is 2.93. The van der Waals surface area contributed by atoms with E-state index in [9.17, 15) is 14.9 Å². The highest BCUT2D eigenvalue weighted by Crippen LogP contribution is 2.33. The van der Waals surface area contributed by atoms with Gasteiger partial charge in [-0.25, -0.2) is 4.79 Å². The fourth-order valence-corrected chi connectivity index (χ4v) is 2.68. The molecule has 142 valence electrons. The molecule has 9 heteroatoms. The van der Waals surface area contributed by atoms with Crippen LogP contribution in [0.15, 0.2) is 30.3 Å². The molecule has 2 aromatic carbocycles. The van der Waals surface area contributed by atoms with Gasteiger partial charge < -0.3 is 23.7 Å². The number of nitrogens with zero attached hydrogens (tertiary/aromatic N) is 1. The van der Waals surface area contributed by atoms with Gasteiger partial charge in [-0.15, -0.1) is 0 Å². The summed E-state index contributed by atoms with van der Waals surface area (Å²) in [5, 5.41) is 11.1. The maximum absolute atomic E-state index is 12.4. The highest BCUT2D eigenvalue weighted by atomic mass is 16.7. The molecule has 0 aliphatic carbocycles. The Bertz CT molecular complexity index is 880. The van der Waals surface area contributed by atoms with Crippen molar-refractivity contribution in [1.82, 2.24) is 0 Å². The Morgan fingerprint density at radius 3 is 2.74 bits per heavy atom. The van der Waals surface area contributed by atoms with Crippen LogP contribution in [0.5, 0.6) is 17.2 Å². The van der Waals surface area contributed by atoms with E-state index in [2.05, 4.69) is 0 Å². The quantitative estimate of drug-likeness (QED) is 0.431. The summed E-state index contributed by atoms with van der Waals surface area (Å²) in [4.78, 5) is 23.1. The van der Waals surface area contributed by atoms with Crippen LogP contribution in [0.25, 0.3) is 0 Å². The van der Waals surface area contributed by atoms with Crippen molar-refractivity contribution in [3.8, 4) is 17.2 Å². The van der Waals surface area contributed by atoms with Gasteiger partial charge in [0, 0.05) is 29.3 Å². The summed E-state index contributed by atoms with van der Waals surface area (Å²) in [6.45, 7) is 0.0142. The van der Waals surface area contributed by atoms with Crippen molar-refractivity contribution in [1.29, 1.82) is 0 Å². The van der Waals surface area contributed by atoms with Crippen LogP contribution in [0.2, 0.25) is 0 Å². The summed E-state index contributed by atoms with van der Waals surface area (Å²) in [5.41, 5.74) is 1.00. The Balaban J connectivity index is 1.83. The Kier molecular flexibility index (Phi) is 5.41. The summed E-state index contributed by atoms with van der Waals surface area (Å²) >= 11 is 0. The van der Waals surface area contributed by atoms with E-state index in [0.29, 0.717) is 28.4 Å². The molecule has 1 heterocycles. The molecule has 0 unspecified atom stereocenters. The van der Waals surface area contributed by atoms with Crippen LogP contribution in [0, 0.1) is 10.1 Å². The van der Waals surface area contributed by atoms with E-state index < -0.39 is 10.9 Å². The molecule has 0 saturated carbocycles. The van der Waals surface area contributed by atoms with E-state index in [4.69, 9.17) is 23.7 Å². The Morgan fingerprint density at radius 1 is 1.22 bits per heavy atom. The molecular formula is C18H17NO8. The van der Waals surface area contributed by atoms with Crippen molar-refractivity contribution in [3.05, 3.63) is 57.1 Å². The standard InChI is InChI=1S/C18H17NO8/c1-23-14-3-4-15(16(7-14)24-2)18(20)26-9-12-6-13(19(21)22)5-11-8-25-10-27-17(11)12/h3-7H,8-10H2,1-2H3. The molecule has 27 heavy (non-hydrogen) atoms. The van der Waals surface area contributed by atoms with Crippen LogP contribution in [-0.4, -0.2) is 31.9 Å². The van der Waals surface area contributed by atoms with Gasteiger partial charge >= 0.3 is 5.97 Å². The maximum atomic E-state index is 12.4. The lowest BCUT2D eigenvalue weighted by atomic mass is 10.1. The van der Waals surface area contributed by atoms with Gasteiger partial charge in [0.2, 0.25) is 0 Å². The first kappa shape index (κ1) is 18.5. The number of esters is 1. The molecule has 0 atom stereocenters. The maximum Gasteiger partial charge on any atom is 0.342 e. The third kappa shape index (κ3) is 3.93. The van der Waals surface area contributed by atoms with Crippen LogP contribution in [-0.2, 0) is 22.7 Å². The summed E-state index contributed by atoms with van der Waals surface area (Å²) in [6.07, 6.45) is 0. The van der Waals surface area contributed by atoms with Crippen LogP contribution in [0.3, 0.4) is 0 Å². The molecule has 0 amide bonds. The van der Waals surface area contributed by atoms with Crippen molar-refractivity contribution in [2.45, 2.75) is 13.2 Å². The van der Waals surface area contributed by atoms with Crippen molar-refractivity contribution in [2.24, 2.45) is 0 Å². The van der Waals surface area contributed by atoms with Crippen molar-refractivity contribution in [2.75, 3.05) is 21.0 Å². The van der Waals surface area contributed by atoms with E-state index in [1.54, 1.807) is 12.1 Å². The zero-order valence-corrected chi connectivity index (χ0v) is 14.7. The third-order valence-corrected chi connectivity index (χ3v) is 3.97. The van der Waals surface area contributed by atoms with Gasteiger partial charge in [0.15, 0.2) is 6.79 Å². The minimum atomic E-state index is -0.637. The van der Waals surface area contributed by atoms with Gasteiger partial charge in [0.05, 0.1) is 25.7 Å². The highest BCUT2D eigenvalue weighted by molar-refractivity contribution is 5.92. The van der Waals surface area contributed by atoms with E-state index >= 15 is 0 Å². The SMILES string of the molecule is COc1ccc(C(=O)OCc2cc([N+](=O)[O-])cc3c2OCOC3)c(OC)c1. The lowest BCUT2D eigenvalue weighted by Crippen LogP contribution is -2.15. The molecule has 9 nitrogen and oxygen atoms in total. The summed E-state index contributed by atoms with van der Waals surface area (Å²) in [5.74, 6) is 0.623. The van der Waals surface area contributed by atoms with Gasteiger partial charge in [-0.2, -0.15) is 0 Å². The minimum Gasteiger partial charge on any atom is -0.497 e. The predicted molar refractivity (Wildman–Crippen MR) is 92.0 cm³/mol. The molecular weight excluding hydrogens is 358 g/mol. The van der Waals surface area contributed by atoms with E-state index in [0.717, 1.165) is 0 Å². The molecule has 0 spiro atoms. The minimum absolute atomic E-state index is 0.0259. The predicted octanol–water partition coefficient (Wildman–Crippen LogP) is 2.84. The second kappa shape index (κ2) is 7.92. The van der Waals surface area contributed by atoms with Crippen LogP contribution < -0.4 is 14.2 Å². The van der Waals surface area contributed by atoms with Crippen molar-refractivity contribution >= 4 is 11.7 Å². The topological polar surface area (TPSA) is 106 Å². The number of hydrogen-bond donors (Lipinski definition) is 0. The molecule has 0 saturated heterocycles. The fraction of sp³-hybridized carbons (Fsp3) is 0.278. The Labute approximate surface area is 154 Å². The molecule has 0 fully saturated rings. The van der Waals surface area contributed by atoms with E-state index in [-0.39, 0.29) is 31.3 Å². The second-order valence-corrected chi connectivity index (χ2v) is 5.60.